The molecule has 0 aromatic heterocycles. The summed E-state index contributed by atoms with van der Waals surface area (Å²) in [6.45, 7) is 10.0. The summed E-state index contributed by atoms with van der Waals surface area (Å²) in [5, 5.41) is 0. The maximum absolute atomic E-state index is 6.14. The third-order valence-electron chi connectivity index (χ3n) is 4.25. The normalized spacial score (nSPS) is 17.0. The Morgan fingerprint density at radius 1 is 0.885 bits per heavy atom. The summed E-state index contributed by atoms with van der Waals surface area (Å²) < 4.78 is 10.9. The first kappa shape index (κ1) is 28.1. The average molecular weight is 504 g/mol. The molecule has 0 radical (unpaired) electrons. The van der Waals surface area contributed by atoms with Crippen molar-refractivity contribution in [2.45, 2.75) is 82.2 Å². The van der Waals surface area contributed by atoms with E-state index in [0.29, 0.717) is 25.0 Å². The zero-order valence-corrected chi connectivity index (χ0v) is 22.0. The molecule has 0 aromatic carbocycles. The number of rotatable bonds is 16. The van der Waals surface area contributed by atoms with Crippen LogP contribution in [-0.4, -0.2) is 16.3 Å². The summed E-state index contributed by atoms with van der Waals surface area (Å²) in [6, 6.07) is 0. The van der Waals surface area contributed by atoms with Crippen molar-refractivity contribution in [1.82, 2.24) is 0 Å². The molecule has 0 aromatic rings. The molecule has 0 saturated carbocycles. The Morgan fingerprint density at radius 2 is 1.31 bits per heavy atom. The Kier molecular flexibility index (Phi) is 17.2. The monoisotopic (exact) mass is 502 g/mol. The van der Waals surface area contributed by atoms with Gasteiger partial charge in [-0.05, 0) is 47.3 Å². The Hall–Kier alpha value is 2.14. The van der Waals surface area contributed by atoms with Gasteiger partial charge in [-0.2, -0.15) is 0 Å². The summed E-state index contributed by atoms with van der Waals surface area (Å²) in [5.41, 5.74) is -2.55. The highest BCUT2D eigenvalue weighted by atomic mass is 35.6. The van der Waals surface area contributed by atoms with E-state index < -0.39 is 8.82 Å². The topological polar surface area (TPSA) is 18.5 Å². The molecule has 26 heavy (non-hydrogen) atoms. The van der Waals surface area contributed by atoms with Crippen molar-refractivity contribution in [3.05, 3.63) is 0 Å². The molecule has 2 atom stereocenters. The van der Waals surface area contributed by atoms with E-state index in [4.69, 9.17) is 55.7 Å². The molecule has 0 aliphatic rings. The highest BCUT2D eigenvalue weighted by Gasteiger charge is 2.30. The van der Waals surface area contributed by atoms with Crippen molar-refractivity contribution in [1.29, 1.82) is 0 Å². The van der Waals surface area contributed by atoms with Crippen LogP contribution in [0.1, 0.15) is 79.1 Å². The van der Waals surface area contributed by atoms with Crippen LogP contribution in [0, 0.1) is 11.8 Å². The smallest absolute Gasteiger partial charge is 0.258 e. The van der Waals surface area contributed by atoms with Crippen molar-refractivity contribution in [2.24, 2.45) is 11.8 Å². The lowest BCUT2D eigenvalue weighted by Gasteiger charge is -2.26. The fourth-order valence-corrected chi connectivity index (χ4v) is 10.5. The molecule has 0 aliphatic heterocycles. The lowest BCUT2D eigenvalue weighted by atomic mass is 10.0. The van der Waals surface area contributed by atoms with Gasteiger partial charge in [-0.25, -0.2) is 0 Å². The summed E-state index contributed by atoms with van der Waals surface area (Å²) in [6.07, 6.45) is 9.24. The molecule has 2 nitrogen and oxygen atoms in total. The third kappa shape index (κ3) is 15.0. The predicted octanol–water partition coefficient (Wildman–Crippen LogP) is 9.39. The number of unbranched alkanes of at least 4 members (excludes halogenated alkanes) is 2. The molecule has 0 amide bonds. The van der Waals surface area contributed by atoms with Crippen molar-refractivity contribution in [3.8, 4) is 0 Å². The van der Waals surface area contributed by atoms with E-state index in [-0.39, 0.29) is 0 Å². The van der Waals surface area contributed by atoms with Crippen LogP contribution >= 0.6 is 61.7 Å². The molecule has 0 rings (SSSR count). The van der Waals surface area contributed by atoms with Gasteiger partial charge in [0.1, 0.15) is 0 Å². The van der Waals surface area contributed by atoms with Crippen molar-refractivity contribution in [2.75, 3.05) is 13.2 Å². The average Bonchev–Trinajstić information content (AvgIpc) is 2.60. The second kappa shape index (κ2) is 15.9. The molecular weight excluding hydrogens is 470 g/mol. The van der Waals surface area contributed by atoms with Gasteiger partial charge in [0.25, 0.3) is 5.69 Å². The Labute approximate surface area is 188 Å². The second-order valence-electron chi connectivity index (χ2n) is 6.48. The van der Waals surface area contributed by atoms with Gasteiger partial charge in [-0.1, -0.05) is 101 Å². The summed E-state index contributed by atoms with van der Waals surface area (Å²) in [7, 11) is 2.39. The Morgan fingerprint density at radius 3 is 1.62 bits per heavy atom. The summed E-state index contributed by atoms with van der Waals surface area (Å²) in [5.74, 6) is 1.00. The fourth-order valence-electron chi connectivity index (χ4n) is 2.36. The predicted molar refractivity (Wildman–Crippen MR) is 128 cm³/mol. The van der Waals surface area contributed by atoms with Crippen LogP contribution in [0.5, 0.6) is 0 Å². The standard InChI is InChI=1S/C17H34Cl3O2PS3/c1-5-9-11-15(7-3)13-21-23(24,26-25-17(18,19)20)22-14-16(8-4)12-10-6-2/h15-16H,5-14H2,1-4H3. The lowest BCUT2D eigenvalue weighted by molar-refractivity contribution is 0.188. The van der Waals surface area contributed by atoms with Gasteiger partial charge >= 0.3 is 0 Å². The molecule has 0 heterocycles. The van der Waals surface area contributed by atoms with Gasteiger partial charge in [-0.3, -0.25) is 0 Å². The zero-order valence-electron chi connectivity index (χ0n) is 16.3. The SMILES string of the molecule is CCCCC(CC)COP(=S)(OCC(CC)CCCC)SSC(Cl)(Cl)Cl. The minimum Gasteiger partial charge on any atom is -0.321 e. The van der Waals surface area contributed by atoms with Crippen LogP contribution in [-0.2, 0) is 20.9 Å². The molecule has 0 fully saturated rings. The van der Waals surface area contributed by atoms with Gasteiger partial charge in [-0.15, -0.1) is 0 Å². The molecule has 0 spiro atoms. The van der Waals surface area contributed by atoms with Crippen LogP contribution in [0.4, 0.5) is 0 Å². The first-order valence-electron chi connectivity index (χ1n) is 9.52. The van der Waals surface area contributed by atoms with Crippen molar-refractivity contribution in [3.63, 3.8) is 0 Å². The second-order valence-corrected chi connectivity index (χ2v) is 17.6. The van der Waals surface area contributed by atoms with E-state index in [9.17, 15) is 0 Å². The van der Waals surface area contributed by atoms with Crippen LogP contribution in [0.2, 0.25) is 0 Å². The number of hydrogen-bond acceptors (Lipinski definition) is 5. The van der Waals surface area contributed by atoms with Gasteiger partial charge in [0, 0.05) is 10.4 Å². The molecule has 0 N–H and O–H groups in total. The molecule has 0 aliphatic carbocycles. The van der Waals surface area contributed by atoms with Gasteiger partial charge in [0.05, 0.1) is 13.2 Å². The first-order valence-corrected chi connectivity index (χ1v) is 16.1. The van der Waals surface area contributed by atoms with E-state index in [1.54, 1.807) is 0 Å². The Bertz CT molecular complexity index is 374. The van der Waals surface area contributed by atoms with E-state index in [1.165, 1.54) is 36.1 Å². The summed E-state index contributed by atoms with van der Waals surface area (Å²) >= 11 is 23.4. The fraction of sp³-hybridized carbons (Fsp3) is 1.00. The van der Waals surface area contributed by atoms with Gasteiger partial charge in [0.15, 0.2) is 0 Å². The van der Waals surface area contributed by atoms with Crippen LogP contribution in [0.25, 0.3) is 0 Å². The summed E-state index contributed by atoms with van der Waals surface area (Å²) in [4.78, 5) is 0. The van der Waals surface area contributed by atoms with Crippen molar-refractivity contribution < 1.29 is 9.05 Å². The maximum Gasteiger partial charge on any atom is 0.258 e. The highest BCUT2D eigenvalue weighted by Crippen LogP contribution is 2.70. The molecule has 2 unspecified atom stereocenters. The van der Waals surface area contributed by atoms with Gasteiger partial charge in [0.2, 0.25) is 3.12 Å². The van der Waals surface area contributed by atoms with Crippen molar-refractivity contribution >= 4 is 73.5 Å². The molecule has 0 bridgehead atoms. The number of alkyl halides is 3. The molecular formula is C17H34Cl3O2PS3. The highest BCUT2D eigenvalue weighted by molar-refractivity contribution is 9.03. The minimum atomic E-state index is -2.55. The molecule has 0 saturated heterocycles. The minimum absolute atomic E-state index is 0.501. The molecule has 9 heteroatoms. The van der Waals surface area contributed by atoms with E-state index >= 15 is 0 Å². The number of halogens is 3. The lowest BCUT2D eigenvalue weighted by Crippen LogP contribution is -2.11. The molecule has 158 valence electrons. The van der Waals surface area contributed by atoms with Gasteiger partial charge < -0.3 is 9.05 Å². The quantitative estimate of drug-likeness (QED) is 0.118. The largest absolute Gasteiger partial charge is 0.321 e. The third-order valence-corrected chi connectivity index (χ3v) is 13.9. The van der Waals surface area contributed by atoms with E-state index in [2.05, 4.69) is 27.7 Å². The van der Waals surface area contributed by atoms with Crippen LogP contribution < -0.4 is 0 Å². The Balaban J connectivity index is 4.79. The zero-order chi connectivity index (χ0) is 20.1. The van der Waals surface area contributed by atoms with Crippen LogP contribution in [0.3, 0.4) is 0 Å². The number of hydrogen-bond donors (Lipinski definition) is 0. The first-order chi connectivity index (χ1) is 12.2. The van der Waals surface area contributed by atoms with E-state index in [1.807, 2.05) is 0 Å². The maximum atomic E-state index is 6.14. The van der Waals surface area contributed by atoms with E-state index in [0.717, 1.165) is 36.5 Å². The van der Waals surface area contributed by atoms with Crippen LogP contribution in [0.15, 0.2) is 0 Å².